The Kier molecular flexibility index (Phi) is 4.59. The second-order valence-corrected chi connectivity index (χ2v) is 9.40. The highest BCUT2D eigenvalue weighted by molar-refractivity contribution is 7.91. The van der Waals surface area contributed by atoms with Gasteiger partial charge in [0.15, 0.2) is 9.84 Å². The average molecular weight is 386 g/mol. The van der Waals surface area contributed by atoms with Crippen molar-refractivity contribution < 1.29 is 13.2 Å². The molecule has 2 aromatic rings. The third-order valence-electron chi connectivity index (χ3n) is 5.14. The van der Waals surface area contributed by atoms with Crippen molar-refractivity contribution in [1.29, 1.82) is 0 Å². The van der Waals surface area contributed by atoms with Crippen molar-refractivity contribution in [3.63, 3.8) is 0 Å². The monoisotopic (exact) mass is 386 g/mol. The van der Waals surface area contributed by atoms with Crippen LogP contribution in [0.15, 0.2) is 30.6 Å². The minimum absolute atomic E-state index is 0.0337. The second-order valence-electron chi connectivity index (χ2n) is 7.09. The number of aromatic nitrogens is 2. The first-order valence-electron chi connectivity index (χ1n) is 9.07. The van der Waals surface area contributed by atoms with Gasteiger partial charge in [-0.25, -0.2) is 8.42 Å². The lowest BCUT2D eigenvalue weighted by molar-refractivity contribution is 0.0780. The molecule has 27 heavy (non-hydrogen) atoms. The lowest BCUT2D eigenvalue weighted by atomic mass is 10.1. The maximum atomic E-state index is 13.0. The maximum absolute atomic E-state index is 13.0. The molecule has 7 nitrogen and oxygen atoms in total. The van der Waals surface area contributed by atoms with Crippen LogP contribution < -0.4 is 4.90 Å². The van der Waals surface area contributed by atoms with Gasteiger partial charge in [0.2, 0.25) is 0 Å². The number of pyridine rings is 2. The molecule has 0 unspecified atom stereocenters. The van der Waals surface area contributed by atoms with E-state index in [1.807, 2.05) is 36.2 Å². The molecule has 142 valence electrons. The van der Waals surface area contributed by atoms with E-state index in [1.165, 1.54) is 0 Å². The number of hydrogen-bond donors (Lipinski definition) is 0. The molecule has 0 N–H and O–H groups in total. The van der Waals surface area contributed by atoms with Gasteiger partial charge in [0, 0.05) is 44.1 Å². The number of fused-ring (bicyclic) bond motifs is 1. The molecule has 4 rings (SSSR count). The topological polar surface area (TPSA) is 83.5 Å². The first-order valence-corrected chi connectivity index (χ1v) is 10.9. The van der Waals surface area contributed by atoms with Gasteiger partial charge in [-0.05, 0) is 24.6 Å². The molecule has 1 saturated heterocycles. The lowest BCUT2D eigenvalue weighted by Gasteiger charge is -2.29. The number of carbonyl (C=O) groups is 1. The molecule has 2 aliphatic heterocycles. The van der Waals surface area contributed by atoms with Crippen LogP contribution in [0.4, 0.5) is 5.69 Å². The van der Waals surface area contributed by atoms with Crippen molar-refractivity contribution in [1.82, 2.24) is 14.9 Å². The summed E-state index contributed by atoms with van der Waals surface area (Å²) < 4.78 is 23.4. The standard InChI is InChI=1S/C19H22N4O3S/c1-14-2-3-15(21-12-14)5-7-23-13-16-18(19(23)24)17(4-6-20-16)22-8-10-27(25,26)11-9-22/h2-4,6,12H,5,7-11,13H2,1H3. The van der Waals surface area contributed by atoms with Crippen molar-refractivity contribution in [3.05, 3.63) is 53.1 Å². The zero-order valence-electron chi connectivity index (χ0n) is 15.3. The van der Waals surface area contributed by atoms with Crippen molar-refractivity contribution >= 4 is 21.4 Å². The molecule has 0 aromatic carbocycles. The molecule has 2 aliphatic rings. The van der Waals surface area contributed by atoms with E-state index in [1.54, 1.807) is 11.1 Å². The molecule has 1 amide bonds. The van der Waals surface area contributed by atoms with Crippen LogP contribution in [-0.2, 0) is 22.8 Å². The van der Waals surface area contributed by atoms with Crippen LogP contribution in [0.3, 0.4) is 0 Å². The number of aryl methyl sites for hydroxylation is 1. The Hall–Kier alpha value is -2.48. The van der Waals surface area contributed by atoms with E-state index in [9.17, 15) is 13.2 Å². The number of anilines is 1. The fourth-order valence-corrected chi connectivity index (χ4v) is 4.75. The fourth-order valence-electron chi connectivity index (χ4n) is 3.55. The Labute approximate surface area is 159 Å². The third kappa shape index (κ3) is 3.66. The molecule has 0 spiro atoms. The fraction of sp³-hybridized carbons (Fsp3) is 0.421. The number of hydrogen-bond acceptors (Lipinski definition) is 6. The van der Waals surface area contributed by atoms with Gasteiger partial charge in [-0.2, -0.15) is 0 Å². The zero-order chi connectivity index (χ0) is 19.0. The Morgan fingerprint density at radius 2 is 1.89 bits per heavy atom. The van der Waals surface area contributed by atoms with E-state index in [4.69, 9.17) is 0 Å². The van der Waals surface area contributed by atoms with Gasteiger partial charge in [0.05, 0.1) is 35.0 Å². The number of sulfone groups is 1. The minimum atomic E-state index is -2.96. The molecule has 2 aromatic heterocycles. The quantitative estimate of drug-likeness (QED) is 0.786. The van der Waals surface area contributed by atoms with E-state index in [0.29, 0.717) is 38.2 Å². The van der Waals surface area contributed by atoms with Gasteiger partial charge in [-0.1, -0.05) is 6.07 Å². The Morgan fingerprint density at radius 1 is 1.11 bits per heavy atom. The Balaban J connectivity index is 1.50. The van der Waals surface area contributed by atoms with Crippen molar-refractivity contribution in [3.8, 4) is 0 Å². The van der Waals surface area contributed by atoms with E-state index < -0.39 is 9.84 Å². The maximum Gasteiger partial charge on any atom is 0.258 e. The summed E-state index contributed by atoms with van der Waals surface area (Å²) in [4.78, 5) is 25.6. The number of carbonyl (C=O) groups excluding carboxylic acids is 1. The summed E-state index contributed by atoms with van der Waals surface area (Å²) >= 11 is 0. The van der Waals surface area contributed by atoms with Crippen LogP contribution in [0, 0.1) is 6.92 Å². The molecule has 4 heterocycles. The van der Waals surface area contributed by atoms with Crippen LogP contribution >= 0.6 is 0 Å². The zero-order valence-corrected chi connectivity index (χ0v) is 16.1. The Bertz CT molecular complexity index is 959. The summed E-state index contributed by atoms with van der Waals surface area (Å²) in [7, 11) is -2.96. The van der Waals surface area contributed by atoms with E-state index in [0.717, 1.165) is 22.6 Å². The predicted molar refractivity (Wildman–Crippen MR) is 103 cm³/mol. The van der Waals surface area contributed by atoms with Crippen LogP contribution in [0.1, 0.15) is 27.3 Å². The molecule has 8 heteroatoms. The highest BCUT2D eigenvalue weighted by Crippen LogP contribution is 2.31. The molecule has 0 aliphatic carbocycles. The largest absolute Gasteiger partial charge is 0.369 e. The number of amides is 1. The van der Waals surface area contributed by atoms with E-state index >= 15 is 0 Å². The average Bonchev–Trinajstić information content (AvgIpc) is 2.97. The summed E-state index contributed by atoms with van der Waals surface area (Å²) in [5.41, 5.74) is 4.26. The highest BCUT2D eigenvalue weighted by Gasteiger charge is 2.33. The van der Waals surface area contributed by atoms with Gasteiger partial charge in [-0.15, -0.1) is 0 Å². The number of nitrogens with zero attached hydrogens (tertiary/aromatic N) is 4. The van der Waals surface area contributed by atoms with Crippen LogP contribution in [0.2, 0.25) is 0 Å². The van der Waals surface area contributed by atoms with Gasteiger partial charge < -0.3 is 9.80 Å². The van der Waals surface area contributed by atoms with Gasteiger partial charge in [-0.3, -0.25) is 14.8 Å². The molecule has 0 bridgehead atoms. The Morgan fingerprint density at radius 3 is 2.59 bits per heavy atom. The van der Waals surface area contributed by atoms with Crippen molar-refractivity contribution in [2.45, 2.75) is 19.9 Å². The van der Waals surface area contributed by atoms with Crippen LogP contribution in [-0.4, -0.2) is 60.3 Å². The number of rotatable bonds is 4. The van der Waals surface area contributed by atoms with E-state index in [2.05, 4.69) is 9.97 Å². The summed E-state index contributed by atoms with van der Waals surface area (Å²) in [6, 6.07) is 5.83. The molecule has 1 fully saturated rings. The second kappa shape index (κ2) is 6.92. The van der Waals surface area contributed by atoms with Gasteiger partial charge in [0.1, 0.15) is 0 Å². The summed E-state index contributed by atoms with van der Waals surface area (Å²) in [6.45, 7) is 3.90. The first-order chi connectivity index (χ1) is 12.9. The third-order valence-corrected chi connectivity index (χ3v) is 6.75. The van der Waals surface area contributed by atoms with Crippen molar-refractivity contribution in [2.75, 3.05) is 36.0 Å². The summed E-state index contributed by atoms with van der Waals surface area (Å²) in [5, 5.41) is 0. The highest BCUT2D eigenvalue weighted by atomic mass is 32.2. The van der Waals surface area contributed by atoms with Gasteiger partial charge in [0.25, 0.3) is 5.91 Å². The molecular formula is C19H22N4O3S. The summed E-state index contributed by atoms with van der Waals surface area (Å²) in [6.07, 6.45) is 4.23. The van der Waals surface area contributed by atoms with E-state index in [-0.39, 0.29) is 17.4 Å². The lowest BCUT2D eigenvalue weighted by Crippen LogP contribution is -2.41. The smallest absolute Gasteiger partial charge is 0.258 e. The first kappa shape index (κ1) is 17.9. The normalized spacial score (nSPS) is 18.6. The molecule has 0 atom stereocenters. The SMILES string of the molecule is Cc1ccc(CCN2Cc3nccc(N4CCS(=O)(=O)CC4)c3C2=O)nc1. The molecule has 0 radical (unpaired) electrons. The molecular weight excluding hydrogens is 364 g/mol. The summed E-state index contributed by atoms with van der Waals surface area (Å²) in [5.74, 6) is 0.219. The van der Waals surface area contributed by atoms with Crippen LogP contribution in [0.5, 0.6) is 0 Å². The van der Waals surface area contributed by atoms with Crippen LogP contribution in [0.25, 0.3) is 0 Å². The van der Waals surface area contributed by atoms with Crippen molar-refractivity contribution in [2.24, 2.45) is 0 Å². The predicted octanol–water partition coefficient (Wildman–Crippen LogP) is 1.22. The van der Waals surface area contributed by atoms with Gasteiger partial charge >= 0.3 is 0 Å². The minimum Gasteiger partial charge on any atom is -0.369 e. The molecule has 0 saturated carbocycles.